The Kier molecular flexibility index (Phi) is 5.04. The minimum Gasteiger partial charge on any atom is -0.447 e. The zero-order chi connectivity index (χ0) is 20.1. The molecule has 0 unspecified atom stereocenters. The number of hydrogen-bond acceptors (Lipinski definition) is 8. The number of alkyl halides is 3. The fraction of sp³-hybridized carbons (Fsp3) is 0.643. The van der Waals surface area contributed by atoms with Crippen LogP contribution < -0.4 is 21.7 Å². The van der Waals surface area contributed by atoms with Gasteiger partial charge >= 0.3 is 6.09 Å². The van der Waals surface area contributed by atoms with Crippen molar-refractivity contribution in [2.24, 2.45) is 16.6 Å². The van der Waals surface area contributed by atoms with Gasteiger partial charge in [0.15, 0.2) is 5.66 Å². The lowest BCUT2D eigenvalue weighted by Crippen LogP contribution is -2.73. The number of aliphatic imine (C=N–C) groups is 1. The number of aliphatic hydroxyl groups excluding tert-OH is 1. The number of primary amides is 1. The molecule has 0 aromatic rings. The highest BCUT2D eigenvalue weighted by atomic mass is 35.6. The van der Waals surface area contributed by atoms with Gasteiger partial charge in [-0.2, -0.15) is 0 Å². The molecule has 1 spiro atoms. The Bertz CT molecular complexity index is 713. The number of halogens is 3. The first kappa shape index (κ1) is 20.1. The van der Waals surface area contributed by atoms with Crippen molar-refractivity contribution >= 4 is 52.8 Å². The number of nitrogens with two attached hydrogens (primary N) is 1. The number of aliphatic hydroxyl groups is 1. The van der Waals surface area contributed by atoms with E-state index in [-0.39, 0.29) is 18.5 Å². The molecule has 2 amide bonds. The number of nitrogens with one attached hydrogen (secondary N) is 3. The highest BCUT2D eigenvalue weighted by molar-refractivity contribution is 6.76. The molecule has 13 heteroatoms. The molecular formula is C14H19Cl3N6O4. The molecule has 3 aliphatic rings. The van der Waals surface area contributed by atoms with E-state index in [9.17, 15) is 14.7 Å². The smallest absolute Gasteiger partial charge is 0.404 e. The van der Waals surface area contributed by atoms with Gasteiger partial charge in [-0.15, -0.1) is 0 Å². The summed E-state index contributed by atoms with van der Waals surface area (Å²) in [6, 6.07) is -1.22. The van der Waals surface area contributed by atoms with E-state index in [1.54, 1.807) is 4.90 Å². The minimum absolute atomic E-state index is 0.0769. The fourth-order valence-electron chi connectivity index (χ4n) is 3.80. The van der Waals surface area contributed by atoms with Crippen molar-refractivity contribution in [3.63, 3.8) is 0 Å². The molecule has 0 aromatic carbocycles. The van der Waals surface area contributed by atoms with E-state index in [0.29, 0.717) is 12.4 Å². The third-order valence-corrected chi connectivity index (χ3v) is 5.38. The quantitative estimate of drug-likeness (QED) is 0.358. The first-order valence-corrected chi connectivity index (χ1v) is 9.17. The summed E-state index contributed by atoms with van der Waals surface area (Å²) in [5.41, 5.74) is 3.97. The van der Waals surface area contributed by atoms with E-state index in [1.165, 1.54) is 0 Å². The average Bonchev–Trinajstić information content (AvgIpc) is 3.02. The highest BCUT2D eigenvalue weighted by Crippen LogP contribution is 2.42. The predicted octanol–water partition coefficient (Wildman–Crippen LogP) is -0.652. The number of amides is 2. The van der Waals surface area contributed by atoms with Gasteiger partial charge in [-0.1, -0.05) is 48.3 Å². The molecule has 2 saturated heterocycles. The highest BCUT2D eigenvalue weighted by Gasteiger charge is 2.65. The predicted molar refractivity (Wildman–Crippen MR) is 99.0 cm³/mol. The Balaban J connectivity index is 2.01. The van der Waals surface area contributed by atoms with Crippen LogP contribution in [-0.2, 0) is 9.53 Å². The van der Waals surface area contributed by atoms with Crippen molar-refractivity contribution in [2.75, 3.05) is 13.2 Å². The fourth-order valence-corrected chi connectivity index (χ4v) is 3.95. The second kappa shape index (κ2) is 6.77. The number of nitrogens with zero attached hydrogens (tertiary/aromatic N) is 2. The van der Waals surface area contributed by atoms with Crippen LogP contribution >= 0.6 is 34.8 Å². The molecule has 10 nitrogen and oxygen atoms in total. The Morgan fingerprint density at radius 3 is 2.81 bits per heavy atom. The van der Waals surface area contributed by atoms with Gasteiger partial charge in [0.2, 0.25) is 5.96 Å². The lowest BCUT2D eigenvalue weighted by Gasteiger charge is -2.47. The van der Waals surface area contributed by atoms with E-state index >= 15 is 0 Å². The summed E-state index contributed by atoms with van der Waals surface area (Å²) in [4.78, 5) is 29.3. The van der Waals surface area contributed by atoms with Crippen LogP contribution in [0.15, 0.2) is 17.4 Å². The molecule has 2 fully saturated rings. The van der Waals surface area contributed by atoms with Gasteiger partial charge in [0, 0.05) is 12.5 Å². The first-order chi connectivity index (χ1) is 12.5. The topological polar surface area (TPSA) is 141 Å². The van der Waals surface area contributed by atoms with Crippen molar-refractivity contribution in [1.29, 1.82) is 0 Å². The molecule has 6 N–H and O–H groups in total. The maximum absolute atomic E-state index is 12.2. The van der Waals surface area contributed by atoms with E-state index in [1.807, 2.05) is 6.92 Å². The standard InChI is InChI=1S/C14H19Cl3N6O4/c1-5-3-23-12(21-10(25)14(15,16)17)20-7(4-27-11(18)26)8-13(23,9(5)24)22-6(2)19-8/h5,7-9,19,22,24H,2-4H2,1H3,(H2,18,26)(H,20,21,25)/t5-,7-,8-,9-,13-/m0/s1. The van der Waals surface area contributed by atoms with Crippen molar-refractivity contribution in [3.8, 4) is 0 Å². The monoisotopic (exact) mass is 440 g/mol. The zero-order valence-electron chi connectivity index (χ0n) is 14.2. The van der Waals surface area contributed by atoms with Crippen LogP contribution in [0.3, 0.4) is 0 Å². The van der Waals surface area contributed by atoms with Gasteiger partial charge in [-0.25, -0.2) is 9.79 Å². The van der Waals surface area contributed by atoms with Crippen molar-refractivity contribution in [1.82, 2.24) is 20.9 Å². The van der Waals surface area contributed by atoms with E-state index in [4.69, 9.17) is 45.3 Å². The minimum atomic E-state index is -2.21. The lowest BCUT2D eigenvalue weighted by molar-refractivity contribution is -0.119. The molecular weight excluding hydrogens is 423 g/mol. The Morgan fingerprint density at radius 2 is 2.22 bits per heavy atom. The Labute approximate surface area is 170 Å². The van der Waals surface area contributed by atoms with E-state index in [2.05, 4.69) is 27.5 Å². The van der Waals surface area contributed by atoms with Crippen LogP contribution in [0.1, 0.15) is 6.92 Å². The van der Waals surface area contributed by atoms with Gasteiger partial charge in [0.1, 0.15) is 18.8 Å². The molecule has 150 valence electrons. The second-order valence-corrected chi connectivity index (χ2v) is 8.97. The van der Waals surface area contributed by atoms with Crippen molar-refractivity contribution in [3.05, 3.63) is 12.4 Å². The van der Waals surface area contributed by atoms with Gasteiger partial charge in [0.05, 0.1) is 11.9 Å². The largest absolute Gasteiger partial charge is 0.447 e. The summed E-state index contributed by atoms with van der Waals surface area (Å²) < 4.78 is 2.69. The number of carbonyl (C=O) groups excluding carboxylic acids is 2. The summed E-state index contributed by atoms with van der Waals surface area (Å²) in [5, 5.41) is 19.6. The zero-order valence-corrected chi connectivity index (χ0v) is 16.5. The molecule has 0 aliphatic carbocycles. The third-order valence-electron chi connectivity index (χ3n) is 4.87. The summed E-state index contributed by atoms with van der Waals surface area (Å²) in [6.45, 7) is 5.88. The van der Waals surface area contributed by atoms with Crippen LogP contribution in [0, 0.1) is 5.92 Å². The maximum atomic E-state index is 12.2. The maximum Gasteiger partial charge on any atom is 0.404 e. The average molecular weight is 442 g/mol. The summed E-state index contributed by atoms with van der Waals surface area (Å²) in [5.74, 6) is -0.564. The van der Waals surface area contributed by atoms with Crippen molar-refractivity contribution in [2.45, 2.75) is 34.6 Å². The second-order valence-electron chi connectivity index (χ2n) is 6.69. The summed E-state index contributed by atoms with van der Waals surface area (Å²) >= 11 is 16.9. The van der Waals surface area contributed by atoms with E-state index in [0.717, 1.165) is 0 Å². The lowest BCUT2D eigenvalue weighted by atomic mass is 9.87. The first-order valence-electron chi connectivity index (χ1n) is 8.04. The van der Waals surface area contributed by atoms with Crippen molar-refractivity contribution < 1.29 is 19.4 Å². The summed E-state index contributed by atoms with van der Waals surface area (Å²) in [6.07, 6.45) is -1.83. The number of carbonyl (C=O) groups is 2. The Hall–Kier alpha value is -1.62. The van der Waals surface area contributed by atoms with Crippen LogP contribution in [0.25, 0.3) is 0 Å². The molecule has 27 heavy (non-hydrogen) atoms. The van der Waals surface area contributed by atoms with Gasteiger partial charge in [-0.05, 0) is 0 Å². The molecule has 3 heterocycles. The molecule has 3 rings (SSSR count). The van der Waals surface area contributed by atoms with Gasteiger partial charge < -0.3 is 31.1 Å². The van der Waals surface area contributed by atoms with Crippen LogP contribution in [0.5, 0.6) is 0 Å². The van der Waals surface area contributed by atoms with Gasteiger partial charge in [0.25, 0.3) is 9.70 Å². The van der Waals surface area contributed by atoms with Crippen LogP contribution in [0.4, 0.5) is 4.79 Å². The molecule has 0 saturated carbocycles. The molecule has 3 aliphatic heterocycles. The summed E-state index contributed by atoms with van der Waals surface area (Å²) in [7, 11) is 0. The third kappa shape index (κ3) is 3.35. The Morgan fingerprint density at radius 1 is 1.56 bits per heavy atom. The SMILES string of the molecule is C=C1N[C@H]2[C@H](COC(N)=O)N=C(NC(=O)C(Cl)(Cl)Cl)N3C[C@H](C)[C@H](O)[C@]23N1. The van der Waals surface area contributed by atoms with Gasteiger partial charge in [-0.3, -0.25) is 10.1 Å². The number of rotatable bonds is 2. The number of guanidine groups is 1. The van der Waals surface area contributed by atoms with Crippen LogP contribution in [0.2, 0.25) is 0 Å². The normalized spacial score (nSPS) is 34.8. The molecule has 5 atom stereocenters. The molecule has 0 aromatic heterocycles. The van der Waals surface area contributed by atoms with E-state index < -0.39 is 39.6 Å². The molecule has 0 bridgehead atoms. The number of ether oxygens (including phenoxy) is 1. The molecule has 0 radical (unpaired) electrons. The van der Waals surface area contributed by atoms with Crippen LogP contribution in [-0.4, -0.2) is 68.8 Å². The number of hydrogen-bond donors (Lipinski definition) is 5.